The third-order valence-electron chi connectivity index (χ3n) is 6.08. The smallest absolute Gasteiger partial charge is 0.138 e. The van der Waals surface area contributed by atoms with Crippen LogP contribution in [0.5, 0.6) is 5.75 Å². The summed E-state index contributed by atoms with van der Waals surface area (Å²) in [5.41, 5.74) is 3.80. The molecule has 34 heavy (non-hydrogen) atoms. The maximum absolute atomic E-state index is 11.1. The van der Waals surface area contributed by atoms with Crippen molar-refractivity contribution >= 4 is 11.3 Å². The van der Waals surface area contributed by atoms with Gasteiger partial charge in [0.2, 0.25) is 0 Å². The van der Waals surface area contributed by atoms with Gasteiger partial charge in [0, 0.05) is 40.5 Å². The molecule has 0 amide bonds. The fraction of sp³-hybridized carbons (Fsp3) is 0.222. The van der Waals surface area contributed by atoms with Crippen molar-refractivity contribution in [2.75, 3.05) is 27.2 Å². The molecule has 5 rings (SSSR count). The Morgan fingerprint density at radius 3 is 2.59 bits per heavy atom. The van der Waals surface area contributed by atoms with Gasteiger partial charge in [-0.25, -0.2) is 4.98 Å². The summed E-state index contributed by atoms with van der Waals surface area (Å²) in [6, 6.07) is 14.1. The summed E-state index contributed by atoms with van der Waals surface area (Å²) in [5, 5.41) is 10.1. The van der Waals surface area contributed by atoms with E-state index in [1.54, 1.807) is 0 Å². The van der Waals surface area contributed by atoms with Crippen LogP contribution in [-0.2, 0) is 6.42 Å². The number of hydrogen-bond acceptors (Lipinski definition) is 6. The van der Waals surface area contributed by atoms with Crippen LogP contribution in [0.1, 0.15) is 12.0 Å². The van der Waals surface area contributed by atoms with Crippen molar-refractivity contribution in [3.63, 3.8) is 0 Å². The number of nitrogens with zero attached hydrogens (tertiary/aromatic N) is 3. The van der Waals surface area contributed by atoms with Gasteiger partial charge in [-0.1, -0.05) is 12.1 Å². The SMILES string of the molecule is CN(C)CCOc1ccc(-c2n/c(=c3/ccc4c(c3)CCC=4N=O)c(=C3C=CNC=C3)[nH]2)cc1. The van der Waals surface area contributed by atoms with Crippen molar-refractivity contribution < 1.29 is 4.74 Å². The zero-order valence-corrected chi connectivity index (χ0v) is 19.3. The average molecular weight is 454 g/mol. The van der Waals surface area contributed by atoms with Gasteiger partial charge in [0.15, 0.2) is 0 Å². The van der Waals surface area contributed by atoms with Crippen LogP contribution >= 0.6 is 0 Å². The number of nitroso groups, excluding NO2 is 1. The van der Waals surface area contributed by atoms with Gasteiger partial charge >= 0.3 is 0 Å². The number of nitrogens with one attached hydrogen (secondary N) is 2. The molecule has 1 aliphatic carbocycles. The third-order valence-corrected chi connectivity index (χ3v) is 6.08. The number of allylic oxidation sites excluding steroid dienone is 2. The van der Waals surface area contributed by atoms with Crippen LogP contribution in [0, 0.1) is 15.5 Å². The molecule has 0 saturated carbocycles. The summed E-state index contributed by atoms with van der Waals surface area (Å²) in [6.07, 6.45) is 9.37. The van der Waals surface area contributed by atoms with Crippen LogP contribution in [0.3, 0.4) is 0 Å². The quantitative estimate of drug-likeness (QED) is 0.561. The lowest BCUT2D eigenvalue weighted by atomic mass is 10.1. The van der Waals surface area contributed by atoms with E-state index in [0.717, 1.165) is 62.4 Å². The molecule has 7 nitrogen and oxygen atoms in total. The first kappa shape index (κ1) is 21.9. The number of rotatable bonds is 6. The average Bonchev–Trinajstić information content (AvgIpc) is 3.49. The number of likely N-dealkylation sites (N-methyl/N-ethyl adjacent to an activating group) is 1. The third kappa shape index (κ3) is 4.43. The molecular formula is C27H27N5O2. The van der Waals surface area contributed by atoms with Crippen LogP contribution in [0.15, 0.2) is 72.2 Å². The monoisotopic (exact) mass is 453 g/mol. The maximum atomic E-state index is 11.1. The Kier molecular flexibility index (Phi) is 6.10. The Morgan fingerprint density at radius 1 is 1.06 bits per heavy atom. The summed E-state index contributed by atoms with van der Waals surface area (Å²) >= 11 is 0. The van der Waals surface area contributed by atoms with E-state index in [9.17, 15) is 4.91 Å². The highest BCUT2D eigenvalue weighted by Crippen LogP contribution is 2.20. The van der Waals surface area contributed by atoms with Crippen molar-refractivity contribution in [1.29, 1.82) is 0 Å². The molecule has 7 heteroatoms. The minimum Gasteiger partial charge on any atom is -0.492 e. The second-order valence-electron chi connectivity index (χ2n) is 8.68. The molecule has 2 heterocycles. The van der Waals surface area contributed by atoms with Gasteiger partial charge in [0.1, 0.15) is 18.2 Å². The maximum Gasteiger partial charge on any atom is 0.138 e. The van der Waals surface area contributed by atoms with E-state index < -0.39 is 0 Å². The van der Waals surface area contributed by atoms with E-state index in [1.807, 2.05) is 75.0 Å². The highest BCUT2D eigenvalue weighted by atomic mass is 16.5. The fourth-order valence-corrected chi connectivity index (χ4v) is 4.25. The van der Waals surface area contributed by atoms with Crippen LogP contribution < -0.4 is 20.6 Å². The van der Waals surface area contributed by atoms with Crippen LogP contribution in [-0.4, -0.2) is 42.1 Å². The minimum atomic E-state index is 0.635. The van der Waals surface area contributed by atoms with Gasteiger partial charge in [-0.15, -0.1) is 4.91 Å². The topological polar surface area (TPSA) is 82.6 Å². The predicted molar refractivity (Wildman–Crippen MR) is 134 cm³/mol. The molecule has 0 unspecified atom stereocenters. The zero-order valence-electron chi connectivity index (χ0n) is 19.3. The first-order chi connectivity index (χ1) is 16.6. The normalized spacial score (nSPS) is 15.5. The Bertz CT molecular complexity index is 1480. The molecule has 1 aliphatic heterocycles. The lowest BCUT2D eigenvalue weighted by molar-refractivity contribution is 0.261. The first-order valence-electron chi connectivity index (χ1n) is 11.4. The molecule has 2 N–H and O–H groups in total. The van der Waals surface area contributed by atoms with E-state index in [-0.39, 0.29) is 0 Å². The molecule has 0 bridgehead atoms. The van der Waals surface area contributed by atoms with Gasteiger partial charge in [-0.2, -0.15) is 0 Å². The number of ether oxygens (including phenoxy) is 1. The number of dihydropyridines is 1. The Balaban J connectivity index is 1.62. The molecule has 3 aromatic rings. The second kappa shape index (κ2) is 9.49. The first-order valence-corrected chi connectivity index (χ1v) is 11.4. The van der Waals surface area contributed by atoms with Gasteiger partial charge in [-0.3, -0.25) is 0 Å². The van der Waals surface area contributed by atoms with E-state index in [4.69, 9.17) is 9.72 Å². The molecule has 2 aromatic carbocycles. The van der Waals surface area contributed by atoms with E-state index in [2.05, 4.69) is 26.4 Å². The van der Waals surface area contributed by atoms with Gasteiger partial charge < -0.3 is 19.9 Å². The van der Waals surface area contributed by atoms with Gasteiger partial charge in [0.25, 0.3) is 0 Å². The predicted octanol–water partition coefficient (Wildman–Crippen LogP) is 2.91. The lowest BCUT2D eigenvalue weighted by Gasteiger charge is -2.11. The number of H-pyrrole nitrogens is 1. The summed E-state index contributed by atoms with van der Waals surface area (Å²) in [6.45, 7) is 1.51. The molecule has 0 spiro atoms. The number of hydrogen-bond donors (Lipinski definition) is 2. The van der Waals surface area contributed by atoms with Crippen molar-refractivity contribution in [2.24, 2.45) is 5.18 Å². The summed E-state index contributed by atoms with van der Waals surface area (Å²) in [7, 11) is 4.06. The number of fused-ring (bicyclic) bond motifs is 1. The van der Waals surface area contributed by atoms with Crippen molar-refractivity contribution in [2.45, 2.75) is 12.8 Å². The Hall–Kier alpha value is -3.97. The van der Waals surface area contributed by atoms with Gasteiger partial charge in [-0.05, 0) is 80.2 Å². The minimum absolute atomic E-state index is 0.635. The van der Waals surface area contributed by atoms with E-state index >= 15 is 0 Å². The van der Waals surface area contributed by atoms with Crippen LogP contribution in [0.2, 0.25) is 0 Å². The van der Waals surface area contributed by atoms with Gasteiger partial charge in [0.05, 0.1) is 16.4 Å². The summed E-state index contributed by atoms with van der Waals surface area (Å²) < 4.78 is 5.83. The Morgan fingerprint density at radius 2 is 1.85 bits per heavy atom. The number of aromatic nitrogens is 2. The lowest BCUT2D eigenvalue weighted by Crippen LogP contribution is -2.19. The van der Waals surface area contributed by atoms with E-state index in [0.29, 0.717) is 18.7 Å². The highest BCUT2D eigenvalue weighted by Gasteiger charge is 2.13. The highest BCUT2D eigenvalue weighted by molar-refractivity contribution is 5.68. The number of benzene rings is 2. The largest absolute Gasteiger partial charge is 0.492 e. The molecule has 0 saturated heterocycles. The fourth-order valence-electron chi connectivity index (χ4n) is 4.25. The number of aryl methyl sites for hydroxylation is 1. The van der Waals surface area contributed by atoms with Crippen LogP contribution in [0.25, 0.3) is 22.7 Å². The molecule has 0 atom stereocenters. The van der Waals surface area contributed by atoms with Crippen molar-refractivity contribution in [3.05, 3.63) is 98.6 Å². The standard InChI is InChI=1S/C27H27N5O2/c1-32(2)15-16-34-22-7-3-19(4-8-22)27-29-25(18-11-13-28-14-12-18)26(30-27)21-5-9-23-20(17-21)6-10-24(23)31-33/h3-5,7-9,11-14,17,28H,6,10,15-16H2,1-2H3,(H,29,30)/b26-21-. The van der Waals surface area contributed by atoms with Crippen LogP contribution in [0.4, 0.5) is 0 Å². The molecular weight excluding hydrogens is 426 g/mol. The second-order valence-corrected chi connectivity index (χ2v) is 8.68. The molecule has 2 aliphatic rings. The van der Waals surface area contributed by atoms with Crippen molar-refractivity contribution in [1.82, 2.24) is 20.2 Å². The molecule has 172 valence electrons. The van der Waals surface area contributed by atoms with Crippen molar-refractivity contribution in [3.8, 4) is 17.1 Å². The number of imidazole rings is 1. The van der Waals surface area contributed by atoms with E-state index in [1.165, 1.54) is 0 Å². The summed E-state index contributed by atoms with van der Waals surface area (Å²) in [4.78, 5) is 21.7. The summed E-state index contributed by atoms with van der Waals surface area (Å²) in [5.74, 6) is 1.63. The number of aromatic amines is 1. The molecule has 1 aromatic heterocycles. The zero-order chi connectivity index (χ0) is 23.5. The Labute approximate surface area is 197 Å². The molecule has 0 fully saturated rings. The molecule has 0 radical (unpaired) electrons.